The Hall–Kier alpha value is -1.40. The van der Waals surface area contributed by atoms with E-state index in [-0.39, 0.29) is 11.9 Å². The highest BCUT2D eigenvalue weighted by Crippen LogP contribution is 2.14. The lowest BCUT2D eigenvalue weighted by molar-refractivity contribution is -0.118. The molecule has 1 unspecified atom stereocenters. The molecule has 0 spiro atoms. The smallest absolute Gasteiger partial charge is 0.239 e. The predicted octanol–water partition coefficient (Wildman–Crippen LogP) is 1.48. The predicted molar refractivity (Wildman–Crippen MR) is 84.4 cm³/mol. The van der Waals surface area contributed by atoms with E-state index in [1.54, 1.807) is 6.20 Å². The molecule has 2 rings (SSSR count). The number of piperidine rings is 1. The first-order valence-corrected chi connectivity index (χ1v) is 7.90. The van der Waals surface area contributed by atoms with Crippen molar-refractivity contribution < 1.29 is 4.79 Å². The van der Waals surface area contributed by atoms with Crippen molar-refractivity contribution >= 4 is 11.7 Å². The lowest BCUT2D eigenvalue weighted by atomic mass is 10.1. The summed E-state index contributed by atoms with van der Waals surface area (Å²) >= 11 is 0. The van der Waals surface area contributed by atoms with E-state index in [2.05, 4.69) is 41.4 Å². The molecule has 1 aromatic rings. The summed E-state index contributed by atoms with van der Waals surface area (Å²) in [5, 5.41) is 10.6. The van der Waals surface area contributed by atoms with Crippen molar-refractivity contribution in [2.45, 2.75) is 45.7 Å². The van der Waals surface area contributed by atoms with Crippen LogP contribution in [0.15, 0.2) is 12.3 Å². The Morgan fingerprint density at radius 3 is 3.05 bits per heavy atom. The number of anilines is 1. The molecule has 0 aliphatic carbocycles. The number of likely N-dealkylation sites (N-methyl/N-ethyl adjacent to an activating group) is 1. The molecule has 1 aromatic heterocycles. The van der Waals surface area contributed by atoms with Crippen molar-refractivity contribution in [1.82, 2.24) is 20.0 Å². The molecule has 2 heterocycles. The minimum Gasteiger partial charge on any atom is -0.315 e. The number of amides is 1. The summed E-state index contributed by atoms with van der Waals surface area (Å²) < 4.78 is 1.83. The van der Waals surface area contributed by atoms with Crippen LogP contribution in [0, 0.1) is 0 Å². The maximum absolute atomic E-state index is 12.3. The zero-order valence-electron chi connectivity index (χ0n) is 13.3. The molecule has 6 nitrogen and oxygen atoms in total. The summed E-state index contributed by atoms with van der Waals surface area (Å²) in [5.74, 6) is 0.803. The van der Waals surface area contributed by atoms with Crippen LogP contribution >= 0.6 is 0 Å². The molecular weight excluding hydrogens is 266 g/mol. The van der Waals surface area contributed by atoms with Crippen LogP contribution in [0.1, 0.15) is 39.7 Å². The fraction of sp³-hybridized carbons (Fsp3) is 0.733. The van der Waals surface area contributed by atoms with Gasteiger partial charge in [-0.25, -0.2) is 4.68 Å². The molecule has 1 fully saturated rings. The summed E-state index contributed by atoms with van der Waals surface area (Å²) in [6, 6.07) is 2.54. The second kappa shape index (κ2) is 7.56. The van der Waals surface area contributed by atoms with Gasteiger partial charge in [-0.15, -0.1) is 0 Å². The Balaban J connectivity index is 1.91. The molecule has 1 saturated heterocycles. The molecule has 0 aromatic carbocycles. The maximum Gasteiger partial charge on any atom is 0.239 e. The Bertz CT molecular complexity index is 451. The SMILES string of the molecule is CCN(CC(=O)Nc1ccnn1C(C)C)C1CCCNC1. The van der Waals surface area contributed by atoms with Gasteiger partial charge in [0.2, 0.25) is 5.91 Å². The minimum atomic E-state index is 0.0322. The largest absolute Gasteiger partial charge is 0.315 e. The van der Waals surface area contributed by atoms with Gasteiger partial charge in [-0.3, -0.25) is 9.69 Å². The molecule has 21 heavy (non-hydrogen) atoms. The monoisotopic (exact) mass is 293 g/mol. The third kappa shape index (κ3) is 4.28. The highest BCUT2D eigenvalue weighted by molar-refractivity contribution is 5.91. The number of hydrogen-bond donors (Lipinski definition) is 2. The van der Waals surface area contributed by atoms with E-state index < -0.39 is 0 Å². The summed E-state index contributed by atoms with van der Waals surface area (Å²) in [6.45, 7) is 9.61. The van der Waals surface area contributed by atoms with Crippen LogP contribution in [0.5, 0.6) is 0 Å². The fourth-order valence-corrected chi connectivity index (χ4v) is 2.84. The zero-order chi connectivity index (χ0) is 15.2. The normalized spacial score (nSPS) is 19.2. The molecular formula is C15H27N5O. The second-order valence-electron chi connectivity index (χ2n) is 5.87. The highest BCUT2D eigenvalue weighted by Gasteiger charge is 2.22. The standard InChI is InChI=1S/C15H27N5O/c1-4-19(13-6-5-8-16-10-13)11-15(21)18-14-7-9-17-20(14)12(2)3/h7,9,12-13,16H,4-6,8,10-11H2,1-3H3,(H,18,21). The van der Waals surface area contributed by atoms with E-state index in [4.69, 9.17) is 0 Å². The van der Waals surface area contributed by atoms with Crippen LogP contribution in [0.25, 0.3) is 0 Å². The van der Waals surface area contributed by atoms with Crippen LogP contribution in [-0.4, -0.2) is 52.8 Å². The molecule has 1 amide bonds. The van der Waals surface area contributed by atoms with Gasteiger partial charge in [0.15, 0.2) is 0 Å². The van der Waals surface area contributed by atoms with Gasteiger partial charge in [0, 0.05) is 24.7 Å². The van der Waals surface area contributed by atoms with Gasteiger partial charge in [0.1, 0.15) is 5.82 Å². The van der Waals surface area contributed by atoms with Crippen LogP contribution in [0.2, 0.25) is 0 Å². The number of aromatic nitrogens is 2. The first kappa shape index (κ1) is 16.0. The molecule has 0 saturated carbocycles. The van der Waals surface area contributed by atoms with E-state index in [0.717, 1.165) is 31.9 Å². The molecule has 1 aliphatic heterocycles. The molecule has 0 bridgehead atoms. The van der Waals surface area contributed by atoms with Gasteiger partial charge in [0.05, 0.1) is 12.7 Å². The van der Waals surface area contributed by atoms with Crippen molar-refractivity contribution in [3.63, 3.8) is 0 Å². The van der Waals surface area contributed by atoms with Crippen molar-refractivity contribution in [3.8, 4) is 0 Å². The second-order valence-corrected chi connectivity index (χ2v) is 5.87. The van der Waals surface area contributed by atoms with Crippen LogP contribution in [0.3, 0.4) is 0 Å². The van der Waals surface area contributed by atoms with Crippen molar-refractivity contribution in [1.29, 1.82) is 0 Å². The zero-order valence-corrected chi connectivity index (χ0v) is 13.3. The molecule has 1 aliphatic rings. The van der Waals surface area contributed by atoms with Crippen LogP contribution in [0.4, 0.5) is 5.82 Å². The van der Waals surface area contributed by atoms with E-state index in [9.17, 15) is 4.79 Å². The van der Waals surface area contributed by atoms with E-state index in [1.165, 1.54) is 6.42 Å². The van der Waals surface area contributed by atoms with E-state index in [1.807, 2.05) is 10.7 Å². The maximum atomic E-state index is 12.3. The van der Waals surface area contributed by atoms with Gasteiger partial charge >= 0.3 is 0 Å². The van der Waals surface area contributed by atoms with Gasteiger partial charge < -0.3 is 10.6 Å². The average molecular weight is 293 g/mol. The Morgan fingerprint density at radius 1 is 1.62 bits per heavy atom. The van der Waals surface area contributed by atoms with Gasteiger partial charge in [-0.05, 0) is 39.8 Å². The van der Waals surface area contributed by atoms with Crippen molar-refractivity contribution in [2.75, 3.05) is 31.5 Å². The van der Waals surface area contributed by atoms with Gasteiger partial charge in [0.25, 0.3) is 0 Å². The van der Waals surface area contributed by atoms with Gasteiger partial charge in [-0.2, -0.15) is 5.10 Å². The number of nitrogens with zero attached hydrogens (tertiary/aromatic N) is 3. The lowest BCUT2D eigenvalue weighted by Gasteiger charge is -2.33. The fourth-order valence-electron chi connectivity index (χ4n) is 2.84. The number of carbonyl (C=O) groups excluding carboxylic acids is 1. The summed E-state index contributed by atoms with van der Waals surface area (Å²) in [7, 11) is 0. The summed E-state index contributed by atoms with van der Waals surface area (Å²) in [5.41, 5.74) is 0. The van der Waals surface area contributed by atoms with Crippen LogP contribution < -0.4 is 10.6 Å². The summed E-state index contributed by atoms with van der Waals surface area (Å²) in [6.07, 6.45) is 4.07. The lowest BCUT2D eigenvalue weighted by Crippen LogP contribution is -2.48. The molecule has 6 heteroatoms. The minimum absolute atomic E-state index is 0.0322. The topological polar surface area (TPSA) is 62.2 Å². The molecule has 0 radical (unpaired) electrons. The number of carbonyl (C=O) groups is 1. The van der Waals surface area contributed by atoms with Gasteiger partial charge in [-0.1, -0.05) is 6.92 Å². The molecule has 1 atom stereocenters. The van der Waals surface area contributed by atoms with Crippen molar-refractivity contribution in [2.24, 2.45) is 0 Å². The third-order valence-corrected chi connectivity index (χ3v) is 3.97. The first-order chi connectivity index (χ1) is 10.1. The summed E-state index contributed by atoms with van der Waals surface area (Å²) in [4.78, 5) is 14.5. The number of nitrogens with one attached hydrogen (secondary N) is 2. The first-order valence-electron chi connectivity index (χ1n) is 7.90. The molecule has 118 valence electrons. The van der Waals surface area contributed by atoms with Crippen molar-refractivity contribution in [3.05, 3.63) is 12.3 Å². The average Bonchev–Trinajstić information content (AvgIpc) is 2.94. The van der Waals surface area contributed by atoms with E-state index in [0.29, 0.717) is 12.6 Å². The third-order valence-electron chi connectivity index (χ3n) is 3.97. The Morgan fingerprint density at radius 2 is 2.43 bits per heavy atom. The highest BCUT2D eigenvalue weighted by atomic mass is 16.2. The van der Waals surface area contributed by atoms with E-state index >= 15 is 0 Å². The Labute approximate surface area is 126 Å². The van der Waals surface area contributed by atoms with Crippen LogP contribution in [-0.2, 0) is 4.79 Å². The Kier molecular flexibility index (Phi) is 5.76. The molecule has 2 N–H and O–H groups in total. The number of hydrogen-bond acceptors (Lipinski definition) is 4. The quantitative estimate of drug-likeness (QED) is 0.834. The number of rotatable bonds is 6.